The largest absolute Gasteiger partial charge is 0.416 e. The summed E-state index contributed by atoms with van der Waals surface area (Å²) in [5.41, 5.74) is -0.141. The van der Waals surface area contributed by atoms with Crippen molar-refractivity contribution in [2.75, 3.05) is 25.1 Å². The number of unbranched alkanes of at least 4 members (excludes halogenated alkanes) is 1. The summed E-state index contributed by atoms with van der Waals surface area (Å²) in [5.74, 6) is 2.07. The van der Waals surface area contributed by atoms with Crippen molar-refractivity contribution in [2.45, 2.75) is 62.9 Å². The zero-order chi connectivity index (χ0) is 24.7. The van der Waals surface area contributed by atoms with E-state index in [0.717, 1.165) is 37.1 Å². The Morgan fingerprint density at radius 3 is 2.59 bits per heavy atom. The van der Waals surface area contributed by atoms with E-state index < -0.39 is 11.7 Å². The molecule has 34 heavy (non-hydrogen) atoms. The molecule has 4 nitrogen and oxygen atoms in total. The van der Waals surface area contributed by atoms with Gasteiger partial charge in [0.25, 0.3) is 5.91 Å². The minimum atomic E-state index is -4.38. The minimum absolute atomic E-state index is 0.0173. The van der Waals surface area contributed by atoms with Crippen LogP contribution in [0.15, 0.2) is 29.2 Å². The number of carbonyl (C=O) groups is 2. The van der Waals surface area contributed by atoms with Gasteiger partial charge >= 0.3 is 6.18 Å². The number of carbonyl (C=O) groups excluding carboxylic acids is 2. The highest BCUT2D eigenvalue weighted by Gasteiger charge is 2.42. The second-order valence-electron chi connectivity index (χ2n) is 8.89. The molecule has 1 aliphatic carbocycles. The molecular weight excluding hydrogens is 481 g/mol. The Bertz CT molecular complexity index is 874. The third-order valence-corrected chi connectivity index (χ3v) is 8.93. The van der Waals surface area contributed by atoms with E-state index >= 15 is 0 Å². The molecule has 1 N–H and O–H groups in total. The third kappa shape index (κ3) is 7.20. The van der Waals surface area contributed by atoms with Crippen molar-refractivity contribution < 1.29 is 22.8 Å². The summed E-state index contributed by atoms with van der Waals surface area (Å²) >= 11 is 3.42. The highest BCUT2D eigenvalue weighted by Crippen LogP contribution is 2.43. The average Bonchev–Trinajstić information content (AvgIpc) is 2.81. The topological polar surface area (TPSA) is 49.4 Å². The van der Waals surface area contributed by atoms with Gasteiger partial charge in [-0.05, 0) is 67.4 Å². The lowest BCUT2D eigenvalue weighted by Crippen LogP contribution is -2.52. The fourth-order valence-electron chi connectivity index (χ4n) is 4.33. The van der Waals surface area contributed by atoms with Crippen LogP contribution in [-0.4, -0.2) is 53.1 Å². The van der Waals surface area contributed by atoms with Crippen LogP contribution >= 0.6 is 23.5 Å². The van der Waals surface area contributed by atoms with Gasteiger partial charge in [-0.1, -0.05) is 25.5 Å². The number of fused-ring (bicyclic) bond motifs is 1. The Hall–Kier alpha value is -1.61. The van der Waals surface area contributed by atoms with Crippen LogP contribution in [0.5, 0.6) is 0 Å². The SMILES string of the molecule is CCCCSCCCNC(=O)C1CCC2S/C(=C\c3ccc(C(F)(F)F)cc3)C(=O)N(C)C2C1. The maximum absolute atomic E-state index is 13.0. The predicted molar refractivity (Wildman–Crippen MR) is 135 cm³/mol. The van der Waals surface area contributed by atoms with Gasteiger partial charge in [0, 0.05) is 30.8 Å². The number of rotatable bonds is 9. The normalized spacial score (nSPS) is 24.3. The fourth-order valence-corrected chi connectivity index (χ4v) is 6.86. The van der Waals surface area contributed by atoms with Gasteiger partial charge in [0.2, 0.25) is 5.91 Å². The van der Waals surface area contributed by atoms with Crippen molar-refractivity contribution in [3.8, 4) is 0 Å². The predicted octanol–water partition coefficient (Wildman–Crippen LogP) is 5.83. The molecule has 188 valence electrons. The van der Waals surface area contributed by atoms with Gasteiger partial charge in [-0.25, -0.2) is 0 Å². The summed E-state index contributed by atoms with van der Waals surface area (Å²) in [6.45, 7) is 2.87. The number of nitrogens with zero attached hydrogens (tertiary/aromatic N) is 1. The molecule has 3 rings (SSSR count). The molecule has 3 atom stereocenters. The van der Waals surface area contributed by atoms with E-state index in [1.54, 1.807) is 18.0 Å². The summed E-state index contributed by atoms with van der Waals surface area (Å²) in [4.78, 5) is 27.9. The molecule has 9 heteroatoms. The third-order valence-electron chi connectivity index (χ3n) is 6.38. The molecule has 2 aliphatic rings. The quantitative estimate of drug-likeness (QED) is 0.333. The van der Waals surface area contributed by atoms with Gasteiger partial charge in [0.1, 0.15) is 0 Å². The molecule has 1 saturated heterocycles. The first-order valence-corrected chi connectivity index (χ1v) is 13.9. The molecule has 1 heterocycles. The summed E-state index contributed by atoms with van der Waals surface area (Å²) < 4.78 is 38.4. The van der Waals surface area contributed by atoms with Crippen molar-refractivity contribution in [1.82, 2.24) is 10.2 Å². The molecule has 0 spiro atoms. The van der Waals surface area contributed by atoms with Crippen molar-refractivity contribution in [3.63, 3.8) is 0 Å². The zero-order valence-corrected chi connectivity index (χ0v) is 21.3. The van der Waals surface area contributed by atoms with E-state index in [1.807, 2.05) is 11.8 Å². The molecule has 1 aromatic rings. The number of alkyl halides is 3. The maximum atomic E-state index is 13.0. The van der Waals surface area contributed by atoms with Crippen LogP contribution in [-0.2, 0) is 15.8 Å². The van der Waals surface area contributed by atoms with Crippen molar-refractivity contribution >= 4 is 41.4 Å². The number of likely N-dealkylation sites (N-methyl/N-ethyl adjacent to an activating group) is 1. The van der Waals surface area contributed by atoms with E-state index in [4.69, 9.17) is 0 Å². The summed E-state index contributed by atoms with van der Waals surface area (Å²) in [7, 11) is 1.76. The van der Waals surface area contributed by atoms with Crippen LogP contribution in [0, 0.1) is 5.92 Å². The Morgan fingerprint density at radius 2 is 1.91 bits per heavy atom. The first-order chi connectivity index (χ1) is 16.2. The number of thioether (sulfide) groups is 2. The van der Waals surface area contributed by atoms with Crippen molar-refractivity contribution in [2.24, 2.45) is 5.92 Å². The second kappa shape index (κ2) is 12.4. The Morgan fingerprint density at radius 1 is 1.21 bits per heavy atom. The minimum Gasteiger partial charge on any atom is -0.356 e. The van der Waals surface area contributed by atoms with Gasteiger partial charge < -0.3 is 10.2 Å². The van der Waals surface area contributed by atoms with E-state index in [1.165, 1.54) is 42.5 Å². The standard InChI is InChI=1S/C25H33F3N2O2S2/c1-3-4-13-33-14-5-12-29-23(31)18-8-11-21-20(16-18)30(2)24(32)22(34-21)15-17-6-9-19(10-7-17)25(26,27)28/h6-7,9-10,15,18,20-21H,3-5,8,11-14,16H2,1-2H3,(H,29,31)/b22-15-. The Labute approximate surface area is 208 Å². The summed E-state index contributed by atoms with van der Waals surface area (Å²) in [5, 5.41) is 3.25. The molecule has 1 aliphatic heterocycles. The highest BCUT2D eigenvalue weighted by atomic mass is 32.2. The summed E-state index contributed by atoms with van der Waals surface area (Å²) in [6.07, 6.45) is 2.92. The van der Waals surface area contributed by atoms with E-state index in [9.17, 15) is 22.8 Å². The van der Waals surface area contributed by atoms with Crippen LogP contribution < -0.4 is 5.32 Å². The number of hydrogen-bond donors (Lipinski definition) is 1. The molecule has 2 fully saturated rings. The monoisotopic (exact) mass is 514 g/mol. The van der Waals surface area contributed by atoms with Gasteiger partial charge in [0.15, 0.2) is 0 Å². The number of benzene rings is 1. The van der Waals surface area contributed by atoms with Gasteiger partial charge in [-0.3, -0.25) is 9.59 Å². The molecule has 0 radical (unpaired) electrons. The Kier molecular flexibility index (Phi) is 9.83. The molecular formula is C25H33F3N2O2S2. The number of amides is 2. The first-order valence-electron chi connectivity index (χ1n) is 11.9. The van der Waals surface area contributed by atoms with Crippen LogP contribution in [0.4, 0.5) is 13.2 Å². The van der Waals surface area contributed by atoms with Crippen LogP contribution in [0.1, 0.15) is 56.6 Å². The highest BCUT2D eigenvalue weighted by molar-refractivity contribution is 8.04. The van der Waals surface area contributed by atoms with E-state index in [0.29, 0.717) is 23.4 Å². The lowest BCUT2D eigenvalue weighted by atomic mass is 9.83. The Balaban J connectivity index is 1.53. The van der Waals surface area contributed by atoms with Gasteiger partial charge in [0.05, 0.1) is 10.5 Å². The van der Waals surface area contributed by atoms with E-state index in [-0.39, 0.29) is 29.0 Å². The summed E-state index contributed by atoms with van der Waals surface area (Å²) in [6, 6.07) is 4.82. The van der Waals surface area contributed by atoms with Crippen LogP contribution in [0.3, 0.4) is 0 Å². The second-order valence-corrected chi connectivity index (χ2v) is 11.4. The zero-order valence-electron chi connectivity index (χ0n) is 19.7. The van der Waals surface area contributed by atoms with E-state index in [2.05, 4.69) is 12.2 Å². The average molecular weight is 515 g/mol. The lowest BCUT2D eigenvalue weighted by molar-refractivity contribution is -0.137. The van der Waals surface area contributed by atoms with Gasteiger partial charge in [-0.2, -0.15) is 24.9 Å². The molecule has 1 aromatic carbocycles. The molecule has 1 saturated carbocycles. The first kappa shape index (κ1) is 27.0. The van der Waals surface area contributed by atoms with Gasteiger partial charge in [-0.15, -0.1) is 11.8 Å². The molecule has 0 bridgehead atoms. The number of halogens is 3. The van der Waals surface area contributed by atoms with Crippen molar-refractivity contribution in [1.29, 1.82) is 0 Å². The van der Waals surface area contributed by atoms with Crippen LogP contribution in [0.25, 0.3) is 6.08 Å². The molecule has 3 unspecified atom stereocenters. The smallest absolute Gasteiger partial charge is 0.356 e. The van der Waals surface area contributed by atoms with Crippen molar-refractivity contribution in [3.05, 3.63) is 40.3 Å². The molecule has 2 amide bonds. The molecule has 0 aromatic heterocycles. The number of hydrogen-bond acceptors (Lipinski definition) is 4. The maximum Gasteiger partial charge on any atom is 0.416 e. The fraction of sp³-hybridized carbons (Fsp3) is 0.600. The van der Waals surface area contributed by atoms with Crippen LogP contribution in [0.2, 0.25) is 0 Å². The lowest BCUT2D eigenvalue weighted by Gasteiger charge is -2.44. The number of nitrogens with one attached hydrogen (secondary N) is 1.